The van der Waals surface area contributed by atoms with Gasteiger partial charge in [0.2, 0.25) is 0 Å². The molecule has 0 saturated heterocycles. The fourth-order valence-corrected chi connectivity index (χ4v) is 1.28. The molecule has 0 amide bonds. The number of hydrogen-bond acceptors (Lipinski definition) is 2. The smallest absolute Gasteiger partial charge is 0.122 e. The second kappa shape index (κ2) is 8.21. The lowest BCUT2D eigenvalue weighted by Gasteiger charge is -2.04. The molecule has 0 radical (unpaired) electrons. The van der Waals surface area contributed by atoms with Crippen LogP contribution in [0.15, 0.2) is 0 Å². The summed E-state index contributed by atoms with van der Waals surface area (Å²) >= 11 is 3.33. The molecule has 3 heteroatoms. The van der Waals surface area contributed by atoms with Crippen LogP contribution in [0.2, 0.25) is 0 Å². The van der Waals surface area contributed by atoms with E-state index in [9.17, 15) is 4.79 Å². The van der Waals surface area contributed by atoms with Crippen molar-refractivity contribution < 1.29 is 9.90 Å². The summed E-state index contributed by atoms with van der Waals surface area (Å²) in [5.41, 5.74) is 0. The van der Waals surface area contributed by atoms with Crippen LogP contribution >= 0.6 is 15.9 Å². The van der Waals surface area contributed by atoms with E-state index in [1.54, 1.807) is 0 Å². The third kappa shape index (κ3) is 8.01. The summed E-state index contributed by atoms with van der Waals surface area (Å²) in [5.74, 6) is 0. The number of aliphatic hydroxyl groups excluding tert-OH is 1. The first-order chi connectivity index (χ1) is 5.31. The third-order valence-corrected chi connectivity index (χ3v) is 2.10. The van der Waals surface area contributed by atoms with Gasteiger partial charge in [-0.15, -0.1) is 0 Å². The van der Waals surface area contributed by atoms with E-state index >= 15 is 0 Å². The minimum Gasteiger partial charge on any atom is -0.393 e. The van der Waals surface area contributed by atoms with Gasteiger partial charge in [-0.3, -0.25) is 0 Å². The number of carbonyl (C=O) groups is 1. The summed E-state index contributed by atoms with van der Waals surface area (Å²) in [4.78, 5) is 9.94. The van der Waals surface area contributed by atoms with Gasteiger partial charge in [-0.05, 0) is 12.8 Å². The van der Waals surface area contributed by atoms with E-state index in [1.165, 1.54) is 0 Å². The van der Waals surface area contributed by atoms with E-state index < -0.39 is 6.10 Å². The SMILES string of the molecule is O=CCC(O)CCCCCBr. The van der Waals surface area contributed by atoms with Gasteiger partial charge >= 0.3 is 0 Å². The lowest BCUT2D eigenvalue weighted by atomic mass is 10.1. The van der Waals surface area contributed by atoms with Gasteiger partial charge in [-0.2, -0.15) is 0 Å². The van der Waals surface area contributed by atoms with E-state index in [0.717, 1.165) is 37.3 Å². The topological polar surface area (TPSA) is 37.3 Å². The zero-order valence-electron chi connectivity index (χ0n) is 6.63. The molecule has 0 aromatic heterocycles. The Bertz CT molecular complexity index is 96.1. The molecular formula is C8H15BrO2. The number of hydrogen-bond donors (Lipinski definition) is 1. The van der Waals surface area contributed by atoms with Gasteiger partial charge in [0.1, 0.15) is 6.29 Å². The Morgan fingerprint density at radius 3 is 2.64 bits per heavy atom. The Morgan fingerprint density at radius 2 is 2.09 bits per heavy atom. The zero-order chi connectivity index (χ0) is 8.53. The highest BCUT2D eigenvalue weighted by Gasteiger charge is 2.01. The highest BCUT2D eigenvalue weighted by atomic mass is 79.9. The molecule has 0 aliphatic carbocycles. The van der Waals surface area contributed by atoms with Crippen molar-refractivity contribution in [3.8, 4) is 0 Å². The molecule has 1 atom stereocenters. The van der Waals surface area contributed by atoms with Gasteiger partial charge < -0.3 is 9.90 Å². The fourth-order valence-electron chi connectivity index (χ4n) is 0.880. The van der Waals surface area contributed by atoms with Crippen LogP contribution < -0.4 is 0 Å². The van der Waals surface area contributed by atoms with Gasteiger partial charge in [0, 0.05) is 11.8 Å². The molecule has 66 valence electrons. The molecule has 1 N–H and O–H groups in total. The number of aliphatic hydroxyl groups is 1. The standard InChI is InChI=1S/C8H15BrO2/c9-6-3-1-2-4-8(11)5-7-10/h7-8,11H,1-6H2. The molecule has 0 heterocycles. The van der Waals surface area contributed by atoms with Crippen LogP contribution in [-0.2, 0) is 4.79 Å². The quantitative estimate of drug-likeness (QED) is 0.406. The highest BCUT2D eigenvalue weighted by Crippen LogP contribution is 2.06. The Hall–Kier alpha value is 0.110. The summed E-state index contributed by atoms with van der Waals surface area (Å²) in [5, 5.41) is 10.1. The van der Waals surface area contributed by atoms with Crippen molar-refractivity contribution in [2.75, 3.05) is 5.33 Å². The van der Waals surface area contributed by atoms with Crippen LogP contribution in [0.1, 0.15) is 32.1 Å². The molecule has 0 aromatic rings. The fraction of sp³-hybridized carbons (Fsp3) is 0.875. The summed E-state index contributed by atoms with van der Waals surface area (Å²) in [7, 11) is 0. The van der Waals surface area contributed by atoms with Crippen LogP contribution in [-0.4, -0.2) is 22.8 Å². The van der Waals surface area contributed by atoms with Crippen molar-refractivity contribution in [2.45, 2.75) is 38.2 Å². The van der Waals surface area contributed by atoms with Crippen molar-refractivity contribution >= 4 is 22.2 Å². The summed E-state index contributed by atoms with van der Waals surface area (Å²) in [6.07, 6.45) is 4.69. The Morgan fingerprint density at radius 1 is 1.36 bits per heavy atom. The molecule has 1 unspecified atom stereocenters. The van der Waals surface area contributed by atoms with Crippen molar-refractivity contribution in [1.82, 2.24) is 0 Å². The molecule has 0 rings (SSSR count). The number of unbranched alkanes of at least 4 members (excludes halogenated alkanes) is 2. The van der Waals surface area contributed by atoms with E-state index in [1.807, 2.05) is 0 Å². The first-order valence-corrected chi connectivity index (χ1v) is 5.11. The zero-order valence-corrected chi connectivity index (χ0v) is 8.22. The molecule has 0 aliphatic rings. The second-order valence-corrected chi connectivity index (χ2v) is 3.39. The number of alkyl halides is 1. The predicted molar refractivity (Wildman–Crippen MR) is 48.9 cm³/mol. The average molecular weight is 223 g/mol. The monoisotopic (exact) mass is 222 g/mol. The number of rotatable bonds is 7. The molecular weight excluding hydrogens is 208 g/mol. The lowest BCUT2D eigenvalue weighted by Crippen LogP contribution is -2.06. The molecule has 0 fully saturated rings. The van der Waals surface area contributed by atoms with E-state index in [4.69, 9.17) is 5.11 Å². The number of aldehydes is 1. The minimum atomic E-state index is -0.414. The molecule has 0 saturated carbocycles. The average Bonchev–Trinajstić information content (AvgIpc) is 1.99. The van der Waals surface area contributed by atoms with Gasteiger partial charge in [0.25, 0.3) is 0 Å². The summed E-state index contributed by atoms with van der Waals surface area (Å²) in [6.45, 7) is 0. The molecule has 0 spiro atoms. The van der Waals surface area contributed by atoms with Crippen molar-refractivity contribution in [3.63, 3.8) is 0 Å². The van der Waals surface area contributed by atoms with Crippen LogP contribution in [0.3, 0.4) is 0 Å². The van der Waals surface area contributed by atoms with Crippen LogP contribution in [0, 0.1) is 0 Å². The lowest BCUT2D eigenvalue weighted by molar-refractivity contribution is -0.109. The minimum absolute atomic E-state index is 0.286. The number of carbonyl (C=O) groups excluding carboxylic acids is 1. The Balaban J connectivity index is 3.03. The number of halogens is 1. The third-order valence-electron chi connectivity index (χ3n) is 1.54. The first kappa shape index (κ1) is 11.1. The first-order valence-electron chi connectivity index (χ1n) is 3.99. The maximum absolute atomic E-state index is 9.94. The maximum atomic E-state index is 9.94. The second-order valence-electron chi connectivity index (χ2n) is 2.59. The molecule has 0 aromatic carbocycles. The normalized spacial score (nSPS) is 12.9. The largest absolute Gasteiger partial charge is 0.393 e. The van der Waals surface area contributed by atoms with Crippen molar-refractivity contribution in [1.29, 1.82) is 0 Å². The Kier molecular flexibility index (Phi) is 8.29. The van der Waals surface area contributed by atoms with Crippen molar-refractivity contribution in [3.05, 3.63) is 0 Å². The molecule has 0 aliphatic heterocycles. The van der Waals surface area contributed by atoms with Crippen LogP contribution in [0.5, 0.6) is 0 Å². The predicted octanol–water partition coefficient (Wildman–Crippen LogP) is 1.89. The van der Waals surface area contributed by atoms with E-state index in [-0.39, 0.29) is 6.42 Å². The van der Waals surface area contributed by atoms with E-state index in [0.29, 0.717) is 0 Å². The van der Waals surface area contributed by atoms with E-state index in [2.05, 4.69) is 15.9 Å². The van der Waals surface area contributed by atoms with Crippen LogP contribution in [0.25, 0.3) is 0 Å². The molecule has 2 nitrogen and oxygen atoms in total. The van der Waals surface area contributed by atoms with Gasteiger partial charge in [0.05, 0.1) is 6.10 Å². The molecule has 0 bridgehead atoms. The van der Waals surface area contributed by atoms with Gasteiger partial charge in [-0.1, -0.05) is 28.8 Å². The Labute approximate surface area is 76.1 Å². The van der Waals surface area contributed by atoms with Gasteiger partial charge in [-0.25, -0.2) is 0 Å². The highest BCUT2D eigenvalue weighted by molar-refractivity contribution is 9.09. The maximum Gasteiger partial charge on any atom is 0.122 e. The van der Waals surface area contributed by atoms with Crippen molar-refractivity contribution in [2.24, 2.45) is 0 Å². The molecule has 11 heavy (non-hydrogen) atoms. The van der Waals surface area contributed by atoms with Crippen LogP contribution in [0.4, 0.5) is 0 Å². The summed E-state index contributed by atoms with van der Waals surface area (Å²) in [6, 6.07) is 0. The van der Waals surface area contributed by atoms with Gasteiger partial charge in [0.15, 0.2) is 0 Å². The summed E-state index contributed by atoms with van der Waals surface area (Å²) < 4.78 is 0.